The molecule has 1 N–H and O–H groups in total. The lowest BCUT2D eigenvalue weighted by molar-refractivity contribution is -0.123. The summed E-state index contributed by atoms with van der Waals surface area (Å²) in [5.41, 5.74) is 6.89. The fourth-order valence-corrected chi connectivity index (χ4v) is 2.22. The summed E-state index contributed by atoms with van der Waals surface area (Å²) in [5, 5.41) is 3.94. The van der Waals surface area contributed by atoms with Gasteiger partial charge in [-0.05, 0) is 54.7 Å². The van der Waals surface area contributed by atoms with Gasteiger partial charge in [0.1, 0.15) is 5.75 Å². The highest BCUT2D eigenvalue weighted by Gasteiger charge is 2.02. The first-order valence-electron chi connectivity index (χ1n) is 7.69. The van der Waals surface area contributed by atoms with E-state index in [9.17, 15) is 4.79 Å². The maximum absolute atomic E-state index is 11.7. The highest BCUT2D eigenvalue weighted by Crippen LogP contribution is 2.15. The second-order valence-electron chi connectivity index (χ2n) is 5.50. The lowest BCUT2D eigenvalue weighted by atomic mass is 10.1. The van der Waals surface area contributed by atoms with Gasteiger partial charge < -0.3 is 4.74 Å². The third-order valence-electron chi connectivity index (χ3n) is 3.36. The van der Waals surface area contributed by atoms with Crippen LogP contribution in [0.2, 0.25) is 0 Å². The van der Waals surface area contributed by atoms with Gasteiger partial charge in [-0.2, -0.15) is 5.10 Å². The minimum absolute atomic E-state index is 0.0605. The number of hydrogen-bond donors (Lipinski definition) is 1. The number of nitrogens with one attached hydrogen (secondary N) is 1. The molecule has 0 bridgehead atoms. The maximum Gasteiger partial charge on any atom is 0.277 e. The maximum atomic E-state index is 11.7. The molecule has 0 aliphatic rings. The number of hydrazone groups is 1. The van der Waals surface area contributed by atoms with E-state index >= 15 is 0 Å². The monoisotopic (exact) mass is 310 g/mol. The number of benzene rings is 2. The van der Waals surface area contributed by atoms with Crippen LogP contribution in [0.15, 0.2) is 47.6 Å². The Morgan fingerprint density at radius 2 is 1.78 bits per heavy atom. The largest absolute Gasteiger partial charge is 0.484 e. The van der Waals surface area contributed by atoms with E-state index in [-0.39, 0.29) is 12.5 Å². The van der Waals surface area contributed by atoms with Crippen molar-refractivity contribution in [1.29, 1.82) is 0 Å². The fraction of sp³-hybridized carbons (Fsp3) is 0.263. The quantitative estimate of drug-likeness (QED) is 0.657. The second kappa shape index (κ2) is 8.13. The van der Waals surface area contributed by atoms with Gasteiger partial charge in [-0.15, -0.1) is 0 Å². The Bertz CT molecular complexity index is 671. The molecule has 0 fully saturated rings. The predicted octanol–water partition coefficient (Wildman–Crippen LogP) is 3.39. The molecule has 0 aliphatic carbocycles. The van der Waals surface area contributed by atoms with Crippen LogP contribution in [-0.2, 0) is 11.2 Å². The molecule has 0 heterocycles. The van der Waals surface area contributed by atoms with E-state index in [0.29, 0.717) is 5.75 Å². The van der Waals surface area contributed by atoms with E-state index in [1.54, 1.807) is 6.21 Å². The van der Waals surface area contributed by atoms with Gasteiger partial charge >= 0.3 is 0 Å². The van der Waals surface area contributed by atoms with Crippen LogP contribution in [0.1, 0.15) is 29.2 Å². The number of amides is 1. The number of carbonyl (C=O) groups excluding carboxylic acids is 1. The van der Waals surface area contributed by atoms with Crippen LogP contribution < -0.4 is 10.2 Å². The predicted molar refractivity (Wildman–Crippen MR) is 93.0 cm³/mol. The molecule has 120 valence electrons. The fourth-order valence-electron chi connectivity index (χ4n) is 2.22. The number of nitrogens with zero attached hydrogens (tertiary/aromatic N) is 1. The standard InChI is InChI=1S/C19H22N2O2/c1-4-16-5-7-17(8-6-16)12-20-21-19(22)13-23-18-10-14(2)9-15(3)11-18/h5-12H,4,13H2,1-3H3,(H,21,22). The van der Waals surface area contributed by atoms with Crippen LogP contribution in [0.3, 0.4) is 0 Å². The minimum Gasteiger partial charge on any atom is -0.484 e. The molecule has 4 heteroatoms. The van der Waals surface area contributed by atoms with Crippen molar-refractivity contribution in [2.24, 2.45) is 5.10 Å². The van der Waals surface area contributed by atoms with E-state index in [1.807, 2.05) is 50.2 Å². The Hall–Kier alpha value is -2.62. The van der Waals surface area contributed by atoms with Crippen LogP contribution in [0.5, 0.6) is 5.75 Å². The topological polar surface area (TPSA) is 50.7 Å². The number of aryl methyl sites for hydroxylation is 3. The van der Waals surface area contributed by atoms with Crippen molar-refractivity contribution in [1.82, 2.24) is 5.43 Å². The normalized spacial score (nSPS) is 10.7. The number of rotatable bonds is 6. The Balaban J connectivity index is 1.81. The van der Waals surface area contributed by atoms with Gasteiger partial charge in [0.25, 0.3) is 5.91 Å². The molecule has 0 saturated carbocycles. The van der Waals surface area contributed by atoms with Gasteiger partial charge in [-0.25, -0.2) is 5.43 Å². The van der Waals surface area contributed by atoms with Crippen LogP contribution in [0.25, 0.3) is 0 Å². The molecule has 2 rings (SSSR count). The van der Waals surface area contributed by atoms with Crippen LogP contribution in [0.4, 0.5) is 0 Å². The molecular weight excluding hydrogens is 288 g/mol. The molecule has 2 aromatic carbocycles. The van der Waals surface area contributed by atoms with Crippen LogP contribution in [0, 0.1) is 13.8 Å². The Labute approximate surface area is 137 Å². The molecular formula is C19H22N2O2. The number of carbonyl (C=O) groups is 1. The lowest BCUT2D eigenvalue weighted by Gasteiger charge is -2.07. The highest BCUT2D eigenvalue weighted by molar-refractivity contribution is 5.82. The molecule has 0 radical (unpaired) electrons. The zero-order valence-electron chi connectivity index (χ0n) is 13.8. The molecule has 0 atom stereocenters. The Morgan fingerprint density at radius 1 is 1.13 bits per heavy atom. The Morgan fingerprint density at radius 3 is 2.39 bits per heavy atom. The third kappa shape index (κ3) is 5.58. The smallest absolute Gasteiger partial charge is 0.277 e. The minimum atomic E-state index is -0.286. The third-order valence-corrected chi connectivity index (χ3v) is 3.36. The van der Waals surface area contributed by atoms with Gasteiger partial charge in [0.05, 0.1) is 6.21 Å². The van der Waals surface area contributed by atoms with E-state index in [1.165, 1.54) is 5.56 Å². The summed E-state index contributed by atoms with van der Waals surface area (Å²) in [6.45, 7) is 6.04. The van der Waals surface area contributed by atoms with E-state index in [4.69, 9.17) is 4.74 Å². The first kappa shape index (κ1) is 16.7. The van der Waals surface area contributed by atoms with Crippen molar-refractivity contribution < 1.29 is 9.53 Å². The number of ether oxygens (including phenoxy) is 1. The summed E-state index contributed by atoms with van der Waals surface area (Å²) in [5.74, 6) is 0.405. The van der Waals surface area contributed by atoms with Crippen molar-refractivity contribution in [3.63, 3.8) is 0 Å². The summed E-state index contributed by atoms with van der Waals surface area (Å²) < 4.78 is 5.48. The lowest BCUT2D eigenvalue weighted by Crippen LogP contribution is -2.24. The molecule has 1 amide bonds. The first-order valence-corrected chi connectivity index (χ1v) is 7.69. The molecule has 0 saturated heterocycles. The molecule has 2 aromatic rings. The molecule has 4 nitrogen and oxygen atoms in total. The average Bonchev–Trinajstić information content (AvgIpc) is 2.53. The summed E-state index contributed by atoms with van der Waals surface area (Å²) in [4.78, 5) is 11.7. The van der Waals surface area contributed by atoms with Crippen LogP contribution in [-0.4, -0.2) is 18.7 Å². The van der Waals surface area contributed by atoms with Gasteiger partial charge in [0.15, 0.2) is 6.61 Å². The van der Waals surface area contributed by atoms with E-state index < -0.39 is 0 Å². The molecule has 0 aliphatic heterocycles. The summed E-state index contributed by atoms with van der Waals surface area (Å²) >= 11 is 0. The van der Waals surface area contributed by atoms with E-state index in [0.717, 1.165) is 23.1 Å². The second-order valence-corrected chi connectivity index (χ2v) is 5.50. The summed E-state index contributed by atoms with van der Waals surface area (Å²) in [7, 11) is 0. The first-order chi connectivity index (χ1) is 11.1. The molecule has 0 aromatic heterocycles. The Kier molecular flexibility index (Phi) is 5.92. The summed E-state index contributed by atoms with van der Waals surface area (Å²) in [6, 6.07) is 13.9. The zero-order chi connectivity index (χ0) is 16.7. The van der Waals surface area contributed by atoms with Crippen molar-refractivity contribution in [2.75, 3.05) is 6.61 Å². The number of hydrogen-bond acceptors (Lipinski definition) is 3. The average molecular weight is 310 g/mol. The van der Waals surface area contributed by atoms with Crippen molar-refractivity contribution in [3.8, 4) is 5.75 Å². The van der Waals surface area contributed by atoms with Crippen molar-refractivity contribution >= 4 is 12.1 Å². The molecule has 0 unspecified atom stereocenters. The van der Waals surface area contributed by atoms with E-state index in [2.05, 4.69) is 23.5 Å². The van der Waals surface area contributed by atoms with Crippen molar-refractivity contribution in [3.05, 3.63) is 64.7 Å². The molecule has 0 spiro atoms. The van der Waals surface area contributed by atoms with Gasteiger partial charge in [-0.1, -0.05) is 37.3 Å². The van der Waals surface area contributed by atoms with Gasteiger partial charge in [0, 0.05) is 0 Å². The SMILES string of the molecule is CCc1ccc(C=NNC(=O)COc2cc(C)cc(C)c2)cc1. The van der Waals surface area contributed by atoms with Gasteiger partial charge in [0.2, 0.25) is 0 Å². The highest BCUT2D eigenvalue weighted by atomic mass is 16.5. The zero-order valence-corrected chi connectivity index (χ0v) is 13.8. The van der Waals surface area contributed by atoms with Crippen LogP contribution >= 0.6 is 0 Å². The molecule has 23 heavy (non-hydrogen) atoms. The van der Waals surface area contributed by atoms with Crippen molar-refractivity contribution in [2.45, 2.75) is 27.2 Å². The van der Waals surface area contributed by atoms with Gasteiger partial charge in [-0.3, -0.25) is 4.79 Å². The summed E-state index contributed by atoms with van der Waals surface area (Å²) in [6.07, 6.45) is 2.62.